The SMILES string of the molecule is Cn1nnc2c(N=C(N)N=C(N)N)cccc21. The smallest absolute Gasteiger partial charge is 0.223 e. The summed E-state index contributed by atoms with van der Waals surface area (Å²) in [6, 6.07) is 5.46. The molecule has 2 rings (SSSR count). The number of aryl methyl sites for hydroxylation is 1. The molecule has 6 N–H and O–H groups in total. The van der Waals surface area contributed by atoms with Gasteiger partial charge in [0.05, 0.1) is 11.2 Å². The van der Waals surface area contributed by atoms with Crippen LogP contribution in [0, 0.1) is 0 Å². The van der Waals surface area contributed by atoms with Crippen LogP contribution < -0.4 is 17.2 Å². The second kappa shape index (κ2) is 4.08. The van der Waals surface area contributed by atoms with E-state index in [9.17, 15) is 0 Å². The van der Waals surface area contributed by atoms with Crippen LogP contribution in [-0.2, 0) is 7.05 Å². The van der Waals surface area contributed by atoms with E-state index >= 15 is 0 Å². The molecule has 0 radical (unpaired) electrons. The van der Waals surface area contributed by atoms with Crippen LogP contribution in [0.3, 0.4) is 0 Å². The highest BCUT2D eigenvalue weighted by Crippen LogP contribution is 2.22. The number of hydrogen-bond acceptors (Lipinski definition) is 3. The molecule has 17 heavy (non-hydrogen) atoms. The third-order valence-corrected chi connectivity index (χ3v) is 2.10. The third kappa shape index (κ3) is 2.14. The van der Waals surface area contributed by atoms with Crippen LogP contribution in [0.5, 0.6) is 0 Å². The number of rotatable bonds is 1. The summed E-state index contributed by atoms with van der Waals surface area (Å²) in [4.78, 5) is 7.70. The molecule has 0 amide bonds. The molecule has 88 valence electrons. The third-order valence-electron chi connectivity index (χ3n) is 2.10. The van der Waals surface area contributed by atoms with E-state index in [2.05, 4.69) is 20.3 Å². The van der Waals surface area contributed by atoms with E-state index in [4.69, 9.17) is 17.2 Å². The minimum Gasteiger partial charge on any atom is -0.370 e. The number of aromatic nitrogens is 3. The molecule has 0 spiro atoms. The normalized spacial score (nSPS) is 11.7. The van der Waals surface area contributed by atoms with Gasteiger partial charge in [0.1, 0.15) is 5.52 Å². The fourth-order valence-electron chi connectivity index (χ4n) is 1.41. The van der Waals surface area contributed by atoms with Crippen molar-refractivity contribution in [2.24, 2.45) is 34.2 Å². The Morgan fingerprint density at radius 2 is 2.06 bits per heavy atom. The number of benzene rings is 1. The highest BCUT2D eigenvalue weighted by Gasteiger charge is 2.06. The first kappa shape index (κ1) is 10.9. The molecule has 0 atom stereocenters. The summed E-state index contributed by atoms with van der Waals surface area (Å²) in [7, 11) is 1.79. The zero-order valence-electron chi connectivity index (χ0n) is 9.20. The summed E-state index contributed by atoms with van der Waals surface area (Å²) in [6.07, 6.45) is 0. The van der Waals surface area contributed by atoms with Crippen LogP contribution in [-0.4, -0.2) is 26.9 Å². The second-order valence-corrected chi connectivity index (χ2v) is 3.36. The van der Waals surface area contributed by atoms with Gasteiger partial charge in [0.25, 0.3) is 0 Å². The van der Waals surface area contributed by atoms with Crippen molar-refractivity contribution in [2.45, 2.75) is 0 Å². The maximum atomic E-state index is 5.55. The van der Waals surface area contributed by atoms with E-state index in [1.807, 2.05) is 12.1 Å². The molecule has 0 aliphatic carbocycles. The van der Waals surface area contributed by atoms with Crippen molar-refractivity contribution in [3.05, 3.63) is 18.2 Å². The maximum Gasteiger partial charge on any atom is 0.223 e. The van der Waals surface area contributed by atoms with Crippen molar-refractivity contribution >= 4 is 28.6 Å². The van der Waals surface area contributed by atoms with Gasteiger partial charge in [-0.25, -0.2) is 9.67 Å². The summed E-state index contributed by atoms with van der Waals surface area (Å²) in [5.41, 5.74) is 18.0. The predicted octanol–water partition coefficient (Wildman–Crippen LogP) is -0.812. The highest BCUT2D eigenvalue weighted by molar-refractivity contribution is 5.96. The zero-order chi connectivity index (χ0) is 12.4. The first-order valence-electron chi connectivity index (χ1n) is 4.80. The fraction of sp³-hybridized carbons (Fsp3) is 0.111. The maximum absolute atomic E-state index is 5.55. The van der Waals surface area contributed by atoms with Gasteiger partial charge in [-0.3, -0.25) is 0 Å². The highest BCUT2D eigenvalue weighted by atomic mass is 15.4. The van der Waals surface area contributed by atoms with Crippen molar-refractivity contribution in [1.29, 1.82) is 0 Å². The van der Waals surface area contributed by atoms with E-state index in [-0.39, 0.29) is 11.9 Å². The molecule has 0 aliphatic heterocycles. The Morgan fingerprint density at radius 3 is 2.76 bits per heavy atom. The molecule has 1 aromatic carbocycles. The number of fused-ring (bicyclic) bond motifs is 1. The average molecular weight is 232 g/mol. The van der Waals surface area contributed by atoms with Gasteiger partial charge < -0.3 is 17.2 Å². The zero-order valence-corrected chi connectivity index (χ0v) is 9.20. The Hall–Kier alpha value is -2.64. The van der Waals surface area contributed by atoms with E-state index in [1.165, 1.54) is 0 Å². The molecule has 0 unspecified atom stereocenters. The molecule has 8 heteroatoms. The van der Waals surface area contributed by atoms with Gasteiger partial charge in [0.2, 0.25) is 5.96 Å². The van der Waals surface area contributed by atoms with E-state index in [0.717, 1.165) is 5.52 Å². The van der Waals surface area contributed by atoms with Gasteiger partial charge >= 0.3 is 0 Å². The molecule has 1 aromatic heterocycles. The summed E-state index contributed by atoms with van der Waals surface area (Å²) in [6.45, 7) is 0. The molecule has 2 aromatic rings. The largest absolute Gasteiger partial charge is 0.370 e. The Bertz CT molecular complexity index is 604. The molecule has 8 nitrogen and oxygen atoms in total. The lowest BCUT2D eigenvalue weighted by Crippen LogP contribution is -2.26. The van der Waals surface area contributed by atoms with Crippen molar-refractivity contribution < 1.29 is 0 Å². The standard InChI is InChI=1S/C9H12N8/c1-17-6-4-2-3-5(7(6)15-16-17)13-9(12)14-8(10)11/h2-4H,1H3,(H6,10,11,12,13,14). The van der Waals surface area contributed by atoms with Crippen molar-refractivity contribution in [2.75, 3.05) is 0 Å². The molecule has 0 fully saturated rings. The number of aliphatic imine (C=N–C) groups is 2. The predicted molar refractivity (Wildman–Crippen MR) is 65.6 cm³/mol. The van der Waals surface area contributed by atoms with Gasteiger partial charge in [-0.1, -0.05) is 11.3 Å². The lowest BCUT2D eigenvalue weighted by Gasteiger charge is -1.97. The lowest BCUT2D eigenvalue weighted by atomic mass is 10.3. The second-order valence-electron chi connectivity index (χ2n) is 3.36. The number of nitrogens with zero attached hydrogens (tertiary/aromatic N) is 5. The van der Waals surface area contributed by atoms with Gasteiger partial charge in [-0.2, -0.15) is 4.99 Å². The minimum absolute atomic E-state index is 0.0249. The van der Waals surface area contributed by atoms with E-state index < -0.39 is 0 Å². The molecule has 0 bridgehead atoms. The van der Waals surface area contributed by atoms with Crippen LogP contribution in [0.1, 0.15) is 0 Å². The van der Waals surface area contributed by atoms with Gasteiger partial charge in [-0.05, 0) is 12.1 Å². The average Bonchev–Trinajstić information content (AvgIpc) is 2.61. The van der Waals surface area contributed by atoms with Crippen LogP contribution in [0.4, 0.5) is 5.69 Å². The van der Waals surface area contributed by atoms with E-state index in [0.29, 0.717) is 11.2 Å². The molecular formula is C9H12N8. The van der Waals surface area contributed by atoms with Gasteiger partial charge in [-0.15, -0.1) is 5.10 Å². The van der Waals surface area contributed by atoms with Gasteiger partial charge in [0, 0.05) is 7.05 Å². The number of hydrogen-bond donors (Lipinski definition) is 3. The van der Waals surface area contributed by atoms with Crippen LogP contribution in [0.15, 0.2) is 28.2 Å². The molecule has 0 saturated heterocycles. The van der Waals surface area contributed by atoms with Crippen LogP contribution in [0.2, 0.25) is 0 Å². The topological polar surface area (TPSA) is 133 Å². The van der Waals surface area contributed by atoms with Crippen molar-refractivity contribution in [3.8, 4) is 0 Å². The first-order chi connectivity index (χ1) is 8.08. The lowest BCUT2D eigenvalue weighted by molar-refractivity contribution is 0.736. The first-order valence-corrected chi connectivity index (χ1v) is 4.80. The fourth-order valence-corrected chi connectivity index (χ4v) is 1.41. The summed E-state index contributed by atoms with van der Waals surface area (Å²) >= 11 is 0. The number of nitrogens with two attached hydrogens (primary N) is 3. The summed E-state index contributed by atoms with van der Waals surface area (Å²) in [5, 5.41) is 7.89. The quantitative estimate of drug-likeness (QED) is 0.436. The summed E-state index contributed by atoms with van der Waals surface area (Å²) < 4.78 is 1.64. The Labute approximate surface area is 96.8 Å². The van der Waals surface area contributed by atoms with E-state index in [1.54, 1.807) is 17.8 Å². The van der Waals surface area contributed by atoms with Crippen LogP contribution >= 0.6 is 0 Å². The Balaban J connectivity index is 2.53. The molecule has 0 aliphatic rings. The monoisotopic (exact) mass is 232 g/mol. The minimum atomic E-state index is -0.141. The van der Waals surface area contributed by atoms with Crippen LogP contribution in [0.25, 0.3) is 11.0 Å². The number of guanidine groups is 2. The molecule has 0 saturated carbocycles. The van der Waals surface area contributed by atoms with Gasteiger partial charge in [0.15, 0.2) is 5.96 Å². The molecule has 1 heterocycles. The summed E-state index contributed by atoms with van der Waals surface area (Å²) in [5.74, 6) is -0.166. The Kier molecular flexibility index (Phi) is 2.61. The Morgan fingerprint density at radius 1 is 1.29 bits per heavy atom. The molecular weight excluding hydrogens is 220 g/mol. The van der Waals surface area contributed by atoms with Crippen molar-refractivity contribution in [3.63, 3.8) is 0 Å². The van der Waals surface area contributed by atoms with Crippen molar-refractivity contribution in [1.82, 2.24) is 15.0 Å².